The molecule has 6 nitrogen and oxygen atoms in total. The highest BCUT2D eigenvalue weighted by Gasteiger charge is 2.56. The molecule has 5 rings (SSSR count). The molecule has 1 spiro atoms. The standard InChI is InChI=1S/C24H27NO5S/c26-14-16-11-24(12-16)13-17(9-10-31(24,28)29)25-23(27)30-15-22-20-7-3-1-5-18(20)19-6-2-4-8-21(19)22/h1-8,16-17,22,26H,9-15H2,(H,25,27). The van der Waals surface area contributed by atoms with Gasteiger partial charge in [-0.05, 0) is 53.9 Å². The van der Waals surface area contributed by atoms with Crippen molar-refractivity contribution in [2.24, 2.45) is 5.92 Å². The van der Waals surface area contributed by atoms with Crippen molar-refractivity contribution in [1.82, 2.24) is 5.32 Å². The molecule has 1 unspecified atom stereocenters. The first-order valence-corrected chi connectivity index (χ1v) is 12.5. The monoisotopic (exact) mass is 441 g/mol. The quantitative estimate of drug-likeness (QED) is 0.760. The molecule has 0 bridgehead atoms. The maximum atomic E-state index is 12.6. The normalized spacial score (nSPS) is 28.4. The lowest BCUT2D eigenvalue weighted by Gasteiger charge is -2.50. The Kier molecular flexibility index (Phi) is 5.06. The topological polar surface area (TPSA) is 92.7 Å². The van der Waals surface area contributed by atoms with Crippen molar-refractivity contribution in [3.8, 4) is 11.1 Å². The van der Waals surface area contributed by atoms with E-state index in [1.807, 2.05) is 24.3 Å². The highest BCUT2D eigenvalue weighted by atomic mass is 32.2. The lowest BCUT2D eigenvalue weighted by atomic mass is 9.71. The smallest absolute Gasteiger partial charge is 0.407 e. The fourth-order valence-corrected chi connectivity index (χ4v) is 8.13. The van der Waals surface area contributed by atoms with Gasteiger partial charge in [0.05, 0.1) is 10.5 Å². The molecule has 2 aliphatic carbocycles. The van der Waals surface area contributed by atoms with E-state index in [1.165, 1.54) is 11.1 Å². The third kappa shape index (κ3) is 3.44. The molecule has 1 heterocycles. The Bertz CT molecular complexity index is 1060. The number of amides is 1. The van der Waals surface area contributed by atoms with Crippen LogP contribution in [0.2, 0.25) is 0 Å². The fraction of sp³-hybridized carbons (Fsp3) is 0.458. The van der Waals surface area contributed by atoms with Gasteiger partial charge in [0.25, 0.3) is 0 Å². The minimum atomic E-state index is -3.19. The average Bonchev–Trinajstić information content (AvgIpc) is 3.06. The van der Waals surface area contributed by atoms with Crippen molar-refractivity contribution >= 4 is 15.9 Å². The molecule has 7 heteroatoms. The number of carbonyl (C=O) groups is 1. The molecule has 1 aliphatic heterocycles. The molecule has 31 heavy (non-hydrogen) atoms. The first kappa shape index (κ1) is 20.5. The molecule has 0 aromatic heterocycles. The molecular weight excluding hydrogens is 414 g/mol. The van der Waals surface area contributed by atoms with E-state index < -0.39 is 20.7 Å². The minimum Gasteiger partial charge on any atom is -0.449 e. The van der Waals surface area contributed by atoms with E-state index >= 15 is 0 Å². The molecule has 2 N–H and O–H groups in total. The van der Waals surface area contributed by atoms with Gasteiger partial charge in [-0.25, -0.2) is 13.2 Å². The van der Waals surface area contributed by atoms with Crippen molar-refractivity contribution in [2.45, 2.75) is 42.4 Å². The summed E-state index contributed by atoms with van der Waals surface area (Å²) in [6.07, 6.45) is 1.26. The highest BCUT2D eigenvalue weighted by Crippen LogP contribution is 2.50. The summed E-state index contributed by atoms with van der Waals surface area (Å²) >= 11 is 0. The van der Waals surface area contributed by atoms with Crippen LogP contribution in [-0.2, 0) is 14.6 Å². The number of hydrogen-bond acceptors (Lipinski definition) is 5. The second kappa shape index (κ2) is 7.64. The van der Waals surface area contributed by atoms with Gasteiger partial charge in [0.2, 0.25) is 0 Å². The number of alkyl carbamates (subject to hydrolysis) is 1. The largest absolute Gasteiger partial charge is 0.449 e. The van der Waals surface area contributed by atoms with Gasteiger partial charge in [-0.1, -0.05) is 48.5 Å². The maximum absolute atomic E-state index is 12.6. The van der Waals surface area contributed by atoms with Crippen molar-refractivity contribution in [3.63, 3.8) is 0 Å². The molecule has 1 amide bonds. The summed E-state index contributed by atoms with van der Waals surface area (Å²) < 4.78 is 30.0. The molecule has 2 fully saturated rings. The zero-order valence-electron chi connectivity index (χ0n) is 17.3. The maximum Gasteiger partial charge on any atom is 0.407 e. The van der Waals surface area contributed by atoms with E-state index in [2.05, 4.69) is 29.6 Å². The van der Waals surface area contributed by atoms with Crippen molar-refractivity contribution < 1.29 is 23.1 Å². The third-order valence-electron chi connectivity index (χ3n) is 7.26. The molecule has 2 aromatic carbocycles. The number of hydrogen-bond donors (Lipinski definition) is 2. The van der Waals surface area contributed by atoms with Gasteiger partial charge in [-0.15, -0.1) is 0 Å². The molecule has 1 atom stereocenters. The number of aliphatic hydroxyl groups is 1. The number of rotatable bonds is 4. The van der Waals surface area contributed by atoms with Crippen LogP contribution in [0, 0.1) is 5.92 Å². The van der Waals surface area contributed by atoms with E-state index in [0.717, 1.165) is 11.1 Å². The summed E-state index contributed by atoms with van der Waals surface area (Å²) in [5.74, 6) is 0.107. The lowest BCUT2D eigenvalue weighted by Crippen LogP contribution is -2.59. The highest BCUT2D eigenvalue weighted by molar-refractivity contribution is 7.92. The SMILES string of the molecule is O=C(NC1CCS(=O)(=O)C2(CC(CO)C2)C1)OCC1c2ccccc2-c2ccccc21. The van der Waals surface area contributed by atoms with E-state index in [4.69, 9.17) is 4.74 Å². The van der Waals surface area contributed by atoms with Gasteiger partial charge in [-0.3, -0.25) is 0 Å². The van der Waals surface area contributed by atoms with E-state index in [1.54, 1.807) is 0 Å². The number of fused-ring (bicyclic) bond motifs is 3. The fourth-order valence-electron chi connectivity index (χ4n) is 5.66. The molecule has 164 valence electrons. The lowest BCUT2D eigenvalue weighted by molar-refractivity contribution is 0.101. The van der Waals surface area contributed by atoms with E-state index in [-0.39, 0.29) is 36.8 Å². The van der Waals surface area contributed by atoms with Crippen LogP contribution in [0.3, 0.4) is 0 Å². The number of carbonyl (C=O) groups excluding carboxylic acids is 1. The number of sulfone groups is 1. The van der Waals surface area contributed by atoms with Crippen LogP contribution >= 0.6 is 0 Å². The summed E-state index contributed by atoms with van der Waals surface area (Å²) in [7, 11) is -3.19. The average molecular weight is 442 g/mol. The number of nitrogens with one attached hydrogen (secondary N) is 1. The van der Waals surface area contributed by atoms with Crippen LogP contribution < -0.4 is 5.32 Å². The number of benzene rings is 2. The molecule has 1 saturated heterocycles. The van der Waals surface area contributed by atoms with Gasteiger partial charge in [0, 0.05) is 18.6 Å². The Morgan fingerprint density at radius 3 is 2.26 bits per heavy atom. The van der Waals surface area contributed by atoms with Crippen molar-refractivity contribution in [1.29, 1.82) is 0 Å². The predicted octanol–water partition coefficient (Wildman–Crippen LogP) is 3.24. The van der Waals surface area contributed by atoms with Crippen molar-refractivity contribution in [2.75, 3.05) is 19.0 Å². The Morgan fingerprint density at radius 2 is 1.65 bits per heavy atom. The van der Waals surface area contributed by atoms with Crippen LogP contribution in [0.1, 0.15) is 42.7 Å². The van der Waals surface area contributed by atoms with E-state index in [9.17, 15) is 18.3 Å². The van der Waals surface area contributed by atoms with Gasteiger partial charge >= 0.3 is 6.09 Å². The van der Waals surface area contributed by atoms with Crippen LogP contribution in [-0.4, -0.2) is 49.4 Å². The predicted molar refractivity (Wildman–Crippen MR) is 118 cm³/mol. The summed E-state index contributed by atoms with van der Waals surface area (Å²) in [5, 5.41) is 12.2. The first-order chi connectivity index (χ1) is 14.9. The minimum absolute atomic E-state index is 0.00632. The third-order valence-corrected chi connectivity index (χ3v) is 9.85. The summed E-state index contributed by atoms with van der Waals surface area (Å²) in [5.41, 5.74) is 4.66. The molecule has 1 saturated carbocycles. The Balaban J connectivity index is 1.23. The number of aliphatic hydroxyl groups excluding tert-OH is 1. The zero-order valence-corrected chi connectivity index (χ0v) is 18.1. The summed E-state index contributed by atoms with van der Waals surface area (Å²) in [6.45, 7) is 0.254. The summed E-state index contributed by atoms with van der Waals surface area (Å²) in [6, 6.07) is 16.1. The second-order valence-electron chi connectivity index (χ2n) is 9.12. The van der Waals surface area contributed by atoms with Gasteiger partial charge < -0.3 is 15.2 Å². The van der Waals surface area contributed by atoms with E-state index in [0.29, 0.717) is 25.7 Å². The Labute approximate surface area is 182 Å². The van der Waals surface area contributed by atoms with Crippen LogP contribution in [0.25, 0.3) is 11.1 Å². The van der Waals surface area contributed by atoms with Gasteiger partial charge in [0.15, 0.2) is 9.84 Å². The van der Waals surface area contributed by atoms with Gasteiger partial charge in [0.1, 0.15) is 6.61 Å². The summed E-state index contributed by atoms with van der Waals surface area (Å²) in [4.78, 5) is 12.6. The Morgan fingerprint density at radius 1 is 1.03 bits per heavy atom. The molecule has 0 radical (unpaired) electrons. The zero-order chi connectivity index (χ0) is 21.6. The van der Waals surface area contributed by atoms with Crippen LogP contribution in [0.4, 0.5) is 4.79 Å². The Hall–Kier alpha value is -2.38. The first-order valence-electron chi connectivity index (χ1n) is 10.9. The number of ether oxygens (including phenoxy) is 1. The second-order valence-corrected chi connectivity index (χ2v) is 11.6. The van der Waals surface area contributed by atoms with Crippen LogP contribution in [0.15, 0.2) is 48.5 Å². The van der Waals surface area contributed by atoms with Gasteiger partial charge in [-0.2, -0.15) is 0 Å². The molecule has 3 aliphatic rings. The van der Waals surface area contributed by atoms with Crippen LogP contribution in [0.5, 0.6) is 0 Å². The van der Waals surface area contributed by atoms with Crippen molar-refractivity contribution in [3.05, 3.63) is 59.7 Å². The molecule has 2 aromatic rings. The molecular formula is C24H27NO5S.